The largest absolute Gasteiger partial charge is 0.394 e. The zero-order valence-electron chi connectivity index (χ0n) is 11.1. The van der Waals surface area contributed by atoms with Crippen LogP contribution < -0.4 is 0 Å². The van der Waals surface area contributed by atoms with Crippen LogP contribution >= 0.6 is 0 Å². The number of aliphatic hydroxyl groups excluding tert-OH is 1. The standard InChI is InChI=1S/C11H21N3O3S/c1-4-14(8-10(2)3)18(16,17)11-7-12-13(9-11)5-6-15/h7,9-10,15H,4-6,8H2,1-3H3. The van der Waals surface area contributed by atoms with Gasteiger partial charge in [-0.15, -0.1) is 0 Å². The SMILES string of the molecule is CCN(CC(C)C)S(=O)(=O)c1cnn(CCO)c1. The molecule has 6 nitrogen and oxygen atoms in total. The van der Waals surface area contributed by atoms with Crippen molar-refractivity contribution in [2.75, 3.05) is 19.7 Å². The van der Waals surface area contributed by atoms with Crippen LogP contribution in [0.1, 0.15) is 20.8 Å². The van der Waals surface area contributed by atoms with Crippen LogP contribution in [0.2, 0.25) is 0 Å². The fourth-order valence-electron chi connectivity index (χ4n) is 1.66. The maximum atomic E-state index is 12.3. The van der Waals surface area contributed by atoms with Crippen LogP contribution in [0.3, 0.4) is 0 Å². The van der Waals surface area contributed by atoms with Gasteiger partial charge in [0, 0.05) is 19.3 Å². The molecule has 104 valence electrons. The highest BCUT2D eigenvalue weighted by molar-refractivity contribution is 7.89. The lowest BCUT2D eigenvalue weighted by Crippen LogP contribution is -2.33. The van der Waals surface area contributed by atoms with Gasteiger partial charge in [0.15, 0.2) is 0 Å². The van der Waals surface area contributed by atoms with Crippen molar-refractivity contribution in [2.24, 2.45) is 5.92 Å². The Labute approximate surface area is 108 Å². The van der Waals surface area contributed by atoms with Crippen molar-refractivity contribution in [2.45, 2.75) is 32.2 Å². The number of nitrogens with zero attached hydrogens (tertiary/aromatic N) is 3. The minimum absolute atomic E-state index is 0.0648. The van der Waals surface area contributed by atoms with Crippen molar-refractivity contribution in [1.82, 2.24) is 14.1 Å². The molecule has 0 unspecified atom stereocenters. The molecule has 18 heavy (non-hydrogen) atoms. The maximum absolute atomic E-state index is 12.3. The highest BCUT2D eigenvalue weighted by Crippen LogP contribution is 2.16. The van der Waals surface area contributed by atoms with Crippen molar-refractivity contribution < 1.29 is 13.5 Å². The summed E-state index contributed by atoms with van der Waals surface area (Å²) in [5, 5.41) is 12.7. The third-order valence-corrected chi connectivity index (χ3v) is 4.39. The van der Waals surface area contributed by atoms with E-state index in [2.05, 4.69) is 5.10 Å². The molecule has 0 bridgehead atoms. The number of aromatic nitrogens is 2. The number of aliphatic hydroxyl groups is 1. The molecule has 0 aliphatic carbocycles. The van der Waals surface area contributed by atoms with E-state index >= 15 is 0 Å². The second-order valence-corrected chi connectivity index (χ2v) is 6.45. The third-order valence-electron chi connectivity index (χ3n) is 2.50. The number of rotatable bonds is 7. The fourth-order valence-corrected chi connectivity index (χ4v) is 3.22. The van der Waals surface area contributed by atoms with Gasteiger partial charge in [-0.25, -0.2) is 8.42 Å². The Morgan fingerprint density at radius 2 is 2.17 bits per heavy atom. The lowest BCUT2D eigenvalue weighted by atomic mass is 10.2. The molecule has 0 radical (unpaired) electrons. The van der Waals surface area contributed by atoms with Gasteiger partial charge >= 0.3 is 0 Å². The molecular weight excluding hydrogens is 254 g/mol. The van der Waals surface area contributed by atoms with Crippen molar-refractivity contribution in [3.8, 4) is 0 Å². The van der Waals surface area contributed by atoms with Gasteiger partial charge in [0.2, 0.25) is 10.0 Å². The molecule has 0 spiro atoms. The summed E-state index contributed by atoms with van der Waals surface area (Å²) in [4.78, 5) is 0.179. The maximum Gasteiger partial charge on any atom is 0.246 e. The summed E-state index contributed by atoms with van der Waals surface area (Å²) in [5.41, 5.74) is 0. The van der Waals surface area contributed by atoms with E-state index in [9.17, 15) is 8.42 Å². The van der Waals surface area contributed by atoms with Crippen molar-refractivity contribution in [3.63, 3.8) is 0 Å². The summed E-state index contributed by atoms with van der Waals surface area (Å²) >= 11 is 0. The Morgan fingerprint density at radius 3 is 2.67 bits per heavy atom. The van der Waals surface area contributed by atoms with Crippen LogP contribution in [0.15, 0.2) is 17.3 Å². The minimum Gasteiger partial charge on any atom is -0.394 e. The smallest absolute Gasteiger partial charge is 0.246 e. The second-order valence-electron chi connectivity index (χ2n) is 4.51. The molecular formula is C11H21N3O3S. The molecule has 0 aliphatic rings. The topological polar surface area (TPSA) is 75.4 Å². The molecule has 0 atom stereocenters. The normalized spacial score (nSPS) is 12.6. The predicted molar refractivity (Wildman–Crippen MR) is 68.6 cm³/mol. The second kappa shape index (κ2) is 6.31. The first-order valence-corrected chi connectivity index (χ1v) is 7.49. The number of sulfonamides is 1. The third kappa shape index (κ3) is 3.54. The van der Waals surface area contributed by atoms with Gasteiger partial charge in [0.05, 0.1) is 19.3 Å². The average Bonchev–Trinajstić information content (AvgIpc) is 2.75. The highest BCUT2D eigenvalue weighted by Gasteiger charge is 2.25. The average molecular weight is 275 g/mol. The van der Waals surface area contributed by atoms with E-state index in [-0.39, 0.29) is 17.4 Å². The molecule has 1 heterocycles. The highest BCUT2D eigenvalue weighted by atomic mass is 32.2. The lowest BCUT2D eigenvalue weighted by molar-refractivity contribution is 0.269. The molecule has 0 fully saturated rings. The summed E-state index contributed by atoms with van der Waals surface area (Å²) < 4.78 is 27.5. The van der Waals surface area contributed by atoms with Crippen LogP contribution in [-0.2, 0) is 16.6 Å². The zero-order valence-corrected chi connectivity index (χ0v) is 11.9. The van der Waals surface area contributed by atoms with E-state index in [4.69, 9.17) is 5.11 Å². The van der Waals surface area contributed by atoms with Gasteiger partial charge < -0.3 is 5.11 Å². The van der Waals surface area contributed by atoms with E-state index in [1.807, 2.05) is 20.8 Å². The molecule has 7 heteroatoms. The minimum atomic E-state index is -3.48. The van der Waals surface area contributed by atoms with Gasteiger partial charge in [-0.3, -0.25) is 4.68 Å². The molecule has 1 aromatic heterocycles. The number of hydrogen-bond donors (Lipinski definition) is 1. The van der Waals surface area contributed by atoms with Crippen molar-refractivity contribution in [3.05, 3.63) is 12.4 Å². The quantitative estimate of drug-likeness (QED) is 0.788. The van der Waals surface area contributed by atoms with Crippen molar-refractivity contribution in [1.29, 1.82) is 0 Å². The van der Waals surface area contributed by atoms with Crippen LogP contribution in [0.4, 0.5) is 0 Å². The molecule has 1 N–H and O–H groups in total. The van der Waals surface area contributed by atoms with Crippen LogP contribution in [-0.4, -0.2) is 47.3 Å². The summed E-state index contributed by atoms with van der Waals surface area (Å²) in [7, 11) is -3.48. The van der Waals surface area contributed by atoms with Gasteiger partial charge in [-0.05, 0) is 5.92 Å². The Balaban J connectivity index is 2.95. The van der Waals surface area contributed by atoms with Gasteiger partial charge in [0.1, 0.15) is 4.90 Å². The monoisotopic (exact) mass is 275 g/mol. The molecule has 0 aromatic carbocycles. The number of hydrogen-bond acceptors (Lipinski definition) is 4. The molecule has 0 saturated heterocycles. The molecule has 0 aliphatic heterocycles. The summed E-state index contributed by atoms with van der Waals surface area (Å²) in [5.74, 6) is 0.271. The molecule has 0 saturated carbocycles. The van der Waals surface area contributed by atoms with E-state index in [0.29, 0.717) is 19.6 Å². The molecule has 1 rings (SSSR count). The first-order chi connectivity index (χ1) is 8.41. The summed E-state index contributed by atoms with van der Waals surface area (Å²) in [6, 6.07) is 0. The van der Waals surface area contributed by atoms with Crippen LogP contribution in [0.5, 0.6) is 0 Å². The van der Waals surface area contributed by atoms with E-state index < -0.39 is 10.0 Å². The summed E-state index contributed by atoms with van der Waals surface area (Å²) in [6.07, 6.45) is 2.78. The first-order valence-electron chi connectivity index (χ1n) is 6.05. The first kappa shape index (κ1) is 15.1. The van der Waals surface area contributed by atoms with Crippen LogP contribution in [0.25, 0.3) is 0 Å². The zero-order chi connectivity index (χ0) is 13.8. The summed E-state index contributed by atoms with van der Waals surface area (Å²) in [6.45, 7) is 6.94. The van der Waals surface area contributed by atoms with E-state index in [0.717, 1.165) is 0 Å². The Hall–Kier alpha value is -0.920. The predicted octanol–water partition coefficient (Wildman–Crippen LogP) is 0.542. The molecule has 0 amide bonds. The lowest BCUT2D eigenvalue weighted by Gasteiger charge is -2.21. The Kier molecular flexibility index (Phi) is 5.30. The van der Waals surface area contributed by atoms with Gasteiger partial charge in [-0.1, -0.05) is 20.8 Å². The molecule has 1 aromatic rings. The Bertz CT molecular complexity index is 468. The fraction of sp³-hybridized carbons (Fsp3) is 0.727. The van der Waals surface area contributed by atoms with Crippen molar-refractivity contribution >= 4 is 10.0 Å². The van der Waals surface area contributed by atoms with E-state index in [1.54, 1.807) is 0 Å². The van der Waals surface area contributed by atoms with Gasteiger partial charge in [-0.2, -0.15) is 9.40 Å². The van der Waals surface area contributed by atoms with Crippen LogP contribution in [0, 0.1) is 5.92 Å². The van der Waals surface area contributed by atoms with E-state index in [1.165, 1.54) is 21.4 Å². The van der Waals surface area contributed by atoms with Gasteiger partial charge in [0.25, 0.3) is 0 Å². The Morgan fingerprint density at radius 1 is 1.50 bits per heavy atom.